The summed E-state index contributed by atoms with van der Waals surface area (Å²) in [5, 5.41) is 0. The van der Waals surface area contributed by atoms with Gasteiger partial charge in [0.25, 0.3) is 0 Å². The van der Waals surface area contributed by atoms with Gasteiger partial charge in [-0.1, -0.05) is 30.3 Å². The summed E-state index contributed by atoms with van der Waals surface area (Å²) < 4.78 is 10.6. The van der Waals surface area contributed by atoms with Crippen LogP contribution >= 0.6 is 0 Å². The van der Waals surface area contributed by atoms with E-state index in [0.29, 0.717) is 0 Å². The van der Waals surface area contributed by atoms with Crippen LogP contribution in [0.25, 0.3) is 0 Å². The number of rotatable bonds is 7. The lowest BCUT2D eigenvalue weighted by Gasteiger charge is -2.21. The Morgan fingerprint density at radius 2 is 1.41 bits per heavy atom. The average Bonchev–Trinajstić information content (AvgIpc) is 2.59. The molecule has 4 nitrogen and oxygen atoms in total. The molecule has 2 N–H and O–H groups in total. The molecular formula is C18H24N2O2. The Morgan fingerprint density at radius 3 is 2.05 bits per heavy atom. The topological polar surface area (TPSA) is 42.5 Å². The van der Waals surface area contributed by atoms with Crippen molar-refractivity contribution in [3.8, 4) is 11.5 Å². The molecular weight excluding hydrogens is 276 g/mol. The first kappa shape index (κ1) is 16.3. The van der Waals surface area contributed by atoms with Crippen LogP contribution in [0, 0.1) is 0 Å². The first-order chi connectivity index (χ1) is 10.7. The van der Waals surface area contributed by atoms with Gasteiger partial charge in [-0.2, -0.15) is 0 Å². The standard InChI is InChI=1S/C18H24N2O2/c1-13(15-9-11-16(21-3)12-10-15)19-20-14(2)17-7-5-6-8-18(17)22-4/h5-14,19-20H,1-4H3. The van der Waals surface area contributed by atoms with E-state index in [1.54, 1.807) is 14.2 Å². The molecule has 0 aromatic heterocycles. The molecule has 4 heteroatoms. The normalized spacial score (nSPS) is 13.5. The highest BCUT2D eigenvalue weighted by molar-refractivity contribution is 5.35. The predicted molar refractivity (Wildman–Crippen MR) is 89.1 cm³/mol. The third-order valence-electron chi connectivity index (χ3n) is 3.74. The van der Waals surface area contributed by atoms with Crippen LogP contribution < -0.4 is 20.3 Å². The number of benzene rings is 2. The third kappa shape index (κ3) is 4.00. The molecule has 0 saturated carbocycles. The zero-order valence-electron chi connectivity index (χ0n) is 13.6. The van der Waals surface area contributed by atoms with Gasteiger partial charge < -0.3 is 9.47 Å². The van der Waals surface area contributed by atoms with Crippen molar-refractivity contribution in [1.82, 2.24) is 10.9 Å². The van der Waals surface area contributed by atoms with E-state index in [0.717, 1.165) is 17.1 Å². The summed E-state index contributed by atoms with van der Waals surface area (Å²) in [5.41, 5.74) is 9.00. The quantitative estimate of drug-likeness (QED) is 0.766. The number of hydrazine groups is 1. The molecule has 0 bridgehead atoms. The highest BCUT2D eigenvalue weighted by Crippen LogP contribution is 2.24. The van der Waals surface area contributed by atoms with Gasteiger partial charge in [0, 0.05) is 17.6 Å². The van der Waals surface area contributed by atoms with E-state index in [4.69, 9.17) is 9.47 Å². The van der Waals surface area contributed by atoms with Crippen molar-refractivity contribution in [3.05, 3.63) is 59.7 Å². The summed E-state index contributed by atoms with van der Waals surface area (Å²) >= 11 is 0. The van der Waals surface area contributed by atoms with E-state index in [9.17, 15) is 0 Å². The van der Waals surface area contributed by atoms with Crippen molar-refractivity contribution in [2.75, 3.05) is 14.2 Å². The molecule has 0 saturated heterocycles. The van der Waals surface area contributed by atoms with Crippen LogP contribution in [0.2, 0.25) is 0 Å². The van der Waals surface area contributed by atoms with Crippen molar-refractivity contribution >= 4 is 0 Å². The van der Waals surface area contributed by atoms with Gasteiger partial charge in [0.15, 0.2) is 0 Å². The Kier molecular flexibility index (Phi) is 5.81. The molecule has 2 rings (SSSR count). The minimum Gasteiger partial charge on any atom is -0.497 e. The first-order valence-electron chi connectivity index (χ1n) is 7.43. The zero-order valence-corrected chi connectivity index (χ0v) is 13.6. The number of ether oxygens (including phenoxy) is 2. The summed E-state index contributed by atoms with van der Waals surface area (Å²) in [5.74, 6) is 1.76. The van der Waals surface area contributed by atoms with Crippen LogP contribution in [0.3, 0.4) is 0 Å². The molecule has 0 aliphatic carbocycles. The molecule has 0 amide bonds. The van der Waals surface area contributed by atoms with Crippen LogP contribution in [0.1, 0.15) is 37.1 Å². The highest BCUT2D eigenvalue weighted by atomic mass is 16.5. The van der Waals surface area contributed by atoms with E-state index < -0.39 is 0 Å². The molecule has 22 heavy (non-hydrogen) atoms. The van der Waals surface area contributed by atoms with Crippen molar-refractivity contribution in [2.45, 2.75) is 25.9 Å². The van der Waals surface area contributed by atoms with Gasteiger partial charge in [0.1, 0.15) is 11.5 Å². The number of nitrogens with one attached hydrogen (secondary N) is 2. The maximum Gasteiger partial charge on any atom is 0.123 e. The molecule has 2 atom stereocenters. The number of hydrogen-bond donors (Lipinski definition) is 2. The fourth-order valence-electron chi connectivity index (χ4n) is 2.33. The molecule has 2 aromatic carbocycles. The predicted octanol–water partition coefficient (Wildman–Crippen LogP) is 3.62. The van der Waals surface area contributed by atoms with Gasteiger partial charge in [-0.3, -0.25) is 5.43 Å². The Balaban J connectivity index is 1.96. The molecule has 0 aliphatic heterocycles. The van der Waals surface area contributed by atoms with Gasteiger partial charge >= 0.3 is 0 Å². The Hall–Kier alpha value is -2.04. The van der Waals surface area contributed by atoms with Crippen LogP contribution in [-0.2, 0) is 0 Å². The molecule has 0 fully saturated rings. The Morgan fingerprint density at radius 1 is 0.773 bits per heavy atom. The average molecular weight is 300 g/mol. The van der Waals surface area contributed by atoms with Crippen molar-refractivity contribution in [2.24, 2.45) is 0 Å². The van der Waals surface area contributed by atoms with E-state index >= 15 is 0 Å². The third-order valence-corrected chi connectivity index (χ3v) is 3.74. The molecule has 0 aliphatic rings. The van der Waals surface area contributed by atoms with Crippen molar-refractivity contribution < 1.29 is 9.47 Å². The summed E-state index contributed by atoms with van der Waals surface area (Å²) in [7, 11) is 3.37. The summed E-state index contributed by atoms with van der Waals surface area (Å²) in [6, 6.07) is 16.4. The molecule has 118 valence electrons. The van der Waals surface area contributed by atoms with Gasteiger partial charge in [0.05, 0.1) is 14.2 Å². The lowest BCUT2D eigenvalue weighted by atomic mass is 10.1. The zero-order chi connectivity index (χ0) is 15.9. The van der Waals surface area contributed by atoms with E-state index in [-0.39, 0.29) is 12.1 Å². The van der Waals surface area contributed by atoms with Crippen LogP contribution in [-0.4, -0.2) is 14.2 Å². The fourth-order valence-corrected chi connectivity index (χ4v) is 2.33. The smallest absolute Gasteiger partial charge is 0.123 e. The van der Waals surface area contributed by atoms with Crippen molar-refractivity contribution in [3.63, 3.8) is 0 Å². The van der Waals surface area contributed by atoms with E-state index in [2.05, 4.69) is 42.9 Å². The summed E-state index contributed by atoms with van der Waals surface area (Å²) in [6.45, 7) is 4.22. The lowest BCUT2D eigenvalue weighted by Crippen LogP contribution is -2.36. The maximum atomic E-state index is 5.40. The van der Waals surface area contributed by atoms with E-state index in [1.165, 1.54) is 5.56 Å². The van der Waals surface area contributed by atoms with Crippen LogP contribution in [0.15, 0.2) is 48.5 Å². The van der Waals surface area contributed by atoms with Gasteiger partial charge in [-0.15, -0.1) is 0 Å². The SMILES string of the molecule is COc1ccc(C(C)NNC(C)c2ccccc2OC)cc1. The maximum absolute atomic E-state index is 5.40. The first-order valence-corrected chi connectivity index (χ1v) is 7.43. The summed E-state index contributed by atoms with van der Waals surface area (Å²) in [4.78, 5) is 0. The van der Waals surface area contributed by atoms with Gasteiger partial charge in [0.2, 0.25) is 0 Å². The van der Waals surface area contributed by atoms with E-state index in [1.807, 2.05) is 30.3 Å². The lowest BCUT2D eigenvalue weighted by molar-refractivity contribution is 0.378. The van der Waals surface area contributed by atoms with Crippen LogP contribution in [0.4, 0.5) is 0 Å². The molecule has 2 unspecified atom stereocenters. The minimum atomic E-state index is 0.136. The van der Waals surface area contributed by atoms with Crippen molar-refractivity contribution in [1.29, 1.82) is 0 Å². The number of hydrogen-bond acceptors (Lipinski definition) is 4. The fraction of sp³-hybridized carbons (Fsp3) is 0.333. The molecule has 0 spiro atoms. The molecule has 2 aromatic rings. The minimum absolute atomic E-state index is 0.136. The van der Waals surface area contributed by atoms with Gasteiger partial charge in [-0.05, 0) is 37.6 Å². The molecule has 0 heterocycles. The Bertz CT molecular complexity index is 584. The summed E-state index contributed by atoms with van der Waals surface area (Å²) in [6.07, 6.45) is 0. The van der Waals surface area contributed by atoms with Crippen LogP contribution in [0.5, 0.6) is 11.5 Å². The van der Waals surface area contributed by atoms with Gasteiger partial charge in [-0.25, -0.2) is 5.43 Å². The Labute approximate surface area is 132 Å². The number of methoxy groups -OCH3 is 2. The second-order valence-corrected chi connectivity index (χ2v) is 5.25. The molecule has 0 radical (unpaired) electrons. The number of para-hydroxylation sites is 1. The second kappa shape index (κ2) is 7.82. The monoisotopic (exact) mass is 300 g/mol. The largest absolute Gasteiger partial charge is 0.497 e. The second-order valence-electron chi connectivity index (χ2n) is 5.25. The highest BCUT2D eigenvalue weighted by Gasteiger charge is 2.12.